The Hall–Kier alpha value is -2.59. The summed E-state index contributed by atoms with van der Waals surface area (Å²) in [6, 6.07) is 4.94. The number of rotatable bonds is 14. The highest BCUT2D eigenvalue weighted by atomic mass is 32.2. The number of hydrogen-bond donors (Lipinski definition) is 6. The van der Waals surface area contributed by atoms with Crippen LogP contribution in [0.1, 0.15) is 32.8 Å². The van der Waals surface area contributed by atoms with Crippen molar-refractivity contribution in [3.63, 3.8) is 0 Å². The minimum absolute atomic E-state index is 0.0273. The van der Waals surface area contributed by atoms with Gasteiger partial charge in [0, 0.05) is 0 Å². The lowest BCUT2D eigenvalue weighted by atomic mass is 10.0. The van der Waals surface area contributed by atoms with Crippen molar-refractivity contribution in [2.24, 2.45) is 5.92 Å². The van der Waals surface area contributed by atoms with Crippen molar-refractivity contribution in [2.75, 3.05) is 12.8 Å². The summed E-state index contributed by atoms with van der Waals surface area (Å²) in [6.45, 7) is 4.15. The molecule has 0 aliphatic heterocycles. The van der Waals surface area contributed by atoms with Gasteiger partial charge in [0.15, 0.2) is 0 Å². The maximum atomic E-state index is 12.6. The maximum Gasteiger partial charge on any atom is 0.294 e. The van der Waals surface area contributed by atoms with Crippen molar-refractivity contribution in [2.45, 2.75) is 57.2 Å². The molecule has 0 saturated carbocycles. The molecule has 4 atom stereocenters. The number of aliphatic hydroxyl groups is 1. The van der Waals surface area contributed by atoms with Gasteiger partial charge in [0.05, 0.1) is 18.8 Å². The molecule has 204 valence electrons. The minimum atomic E-state index is -4.85. The number of carbonyl (C=O) groups is 3. The predicted molar refractivity (Wildman–Crippen MR) is 131 cm³/mol. The first-order valence-electron chi connectivity index (χ1n) is 11.0. The van der Waals surface area contributed by atoms with Gasteiger partial charge in [0.25, 0.3) is 10.1 Å². The van der Waals surface area contributed by atoms with E-state index in [9.17, 15) is 36.3 Å². The van der Waals surface area contributed by atoms with Gasteiger partial charge in [0.2, 0.25) is 33.2 Å². The van der Waals surface area contributed by atoms with E-state index in [-0.39, 0.29) is 18.8 Å². The van der Waals surface area contributed by atoms with Crippen LogP contribution >= 0.6 is 0 Å². The van der Waals surface area contributed by atoms with Gasteiger partial charge >= 0.3 is 0 Å². The third kappa shape index (κ3) is 11.9. The van der Waals surface area contributed by atoms with Crippen LogP contribution in [0.3, 0.4) is 0 Å². The molecule has 0 bridgehead atoms. The Bertz CT molecular complexity index is 1110. The van der Waals surface area contributed by atoms with E-state index >= 15 is 0 Å². The van der Waals surface area contributed by atoms with Gasteiger partial charge in [-0.15, -0.1) is 0 Å². The number of sulfonamides is 1. The number of carbonyl (C=O) groups excluding carboxylic acids is 3. The average Bonchev–Trinajstić information content (AvgIpc) is 2.74. The number of nitrogens with one attached hydrogen (secondary N) is 4. The fraction of sp³-hybridized carbons (Fsp3) is 0.571. The molecule has 0 aliphatic carbocycles. The average molecular weight is 551 g/mol. The summed E-state index contributed by atoms with van der Waals surface area (Å²) in [5.41, 5.74) is -1.57. The van der Waals surface area contributed by atoms with E-state index < -0.39 is 68.0 Å². The van der Waals surface area contributed by atoms with E-state index in [0.29, 0.717) is 5.56 Å². The lowest BCUT2D eigenvalue weighted by Crippen LogP contribution is -2.55. The van der Waals surface area contributed by atoms with Crippen LogP contribution in [0.4, 0.5) is 0 Å². The third-order valence-corrected chi connectivity index (χ3v) is 6.50. The van der Waals surface area contributed by atoms with Crippen molar-refractivity contribution in [3.8, 4) is 0 Å². The van der Waals surface area contributed by atoms with E-state index in [2.05, 4.69) is 20.7 Å². The topological polar surface area (TPSA) is 208 Å². The Balaban J connectivity index is 2.73. The summed E-state index contributed by atoms with van der Waals surface area (Å²) < 4.78 is 57.3. The van der Waals surface area contributed by atoms with Crippen LogP contribution in [0, 0.1) is 5.92 Å². The second kappa shape index (κ2) is 13.6. The second-order valence-corrected chi connectivity index (χ2v) is 12.1. The molecule has 15 heteroatoms. The fourth-order valence-corrected chi connectivity index (χ4v) is 4.52. The number of benzene rings is 1. The molecule has 36 heavy (non-hydrogen) atoms. The van der Waals surface area contributed by atoms with Gasteiger partial charge in [0.1, 0.15) is 12.1 Å². The van der Waals surface area contributed by atoms with Crippen molar-refractivity contribution in [1.29, 1.82) is 0 Å². The normalized spacial score (nSPS) is 15.4. The lowest BCUT2D eigenvalue weighted by molar-refractivity contribution is -0.130. The molecule has 1 aromatic rings. The monoisotopic (exact) mass is 550 g/mol. The van der Waals surface area contributed by atoms with Crippen LogP contribution in [0.15, 0.2) is 30.3 Å². The van der Waals surface area contributed by atoms with Gasteiger partial charge in [-0.25, -0.2) is 13.1 Å². The highest BCUT2D eigenvalue weighted by Gasteiger charge is 2.33. The van der Waals surface area contributed by atoms with Crippen molar-refractivity contribution in [3.05, 3.63) is 35.9 Å². The molecule has 13 nitrogen and oxygen atoms in total. The van der Waals surface area contributed by atoms with Gasteiger partial charge in [-0.3, -0.25) is 18.9 Å². The highest BCUT2D eigenvalue weighted by molar-refractivity contribution is 7.88. The molecule has 0 radical (unpaired) electrons. The molecule has 3 amide bonds. The quantitative estimate of drug-likeness (QED) is 0.149. The zero-order valence-electron chi connectivity index (χ0n) is 20.5. The Morgan fingerprint density at radius 1 is 0.944 bits per heavy atom. The molecule has 1 aromatic carbocycles. The van der Waals surface area contributed by atoms with Gasteiger partial charge in [-0.05, 0) is 31.2 Å². The Kier molecular flexibility index (Phi) is 11.9. The number of hydrogen-bond acceptors (Lipinski definition) is 8. The Labute approximate surface area is 211 Å². The van der Waals surface area contributed by atoms with E-state index in [1.165, 1.54) is 6.92 Å². The maximum absolute atomic E-state index is 12.6. The van der Waals surface area contributed by atoms with Crippen molar-refractivity contribution in [1.82, 2.24) is 20.7 Å². The molecule has 2 unspecified atom stereocenters. The summed E-state index contributed by atoms with van der Waals surface area (Å²) >= 11 is 0. The van der Waals surface area contributed by atoms with Crippen LogP contribution in [-0.2, 0) is 40.9 Å². The smallest absolute Gasteiger partial charge is 0.294 e. The van der Waals surface area contributed by atoms with E-state index in [4.69, 9.17) is 4.55 Å². The van der Waals surface area contributed by atoms with E-state index in [1.807, 2.05) is 0 Å². The van der Waals surface area contributed by atoms with Crippen LogP contribution in [0.5, 0.6) is 0 Å². The second-order valence-electron chi connectivity index (χ2n) is 8.79. The zero-order chi connectivity index (χ0) is 27.7. The Morgan fingerprint density at radius 2 is 1.53 bits per heavy atom. The predicted octanol–water partition coefficient (Wildman–Crippen LogP) is -1.50. The standard InChI is InChI=1S/C21H34N4O9S2/c1-13(2)10-17(21(29)36(32,33)34)24-19(27)14(3)23-18(26)12-22-20(28)16(25-35(4,30)31)11-15-8-6-5-7-9-15/h5-9,13-14,16-17,21,25,29H,10-12H2,1-4H3,(H,22,28)(H,23,26)(H,24,27)(H,32,33,34)/t14-,16-,17?,21?/m0/s1. The molecule has 1 rings (SSSR count). The molecule has 0 aliphatic rings. The van der Waals surface area contributed by atoms with E-state index in [0.717, 1.165) is 6.26 Å². The Morgan fingerprint density at radius 3 is 2.03 bits per heavy atom. The summed E-state index contributed by atoms with van der Waals surface area (Å²) in [5, 5.41) is 16.8. The first kappa shape index (κ1) is 31.4. The van der Waals surface area contributed by atoms with Gasteiger partial charge in [-0.1, -0.05) is 44.2 Å². The number of amides is 3. The third-order valence-electron chi connectivity index (χ3n) is 4.85. The first-order chi connectivity index (χ1) is 16.5. The van der Waals surface area contributed by atoms with Crippen LogP contribution in [-0.4, -0.2) is 80.6 Å². The first-order valence-corrected chi connectivity index (χ1v) is 14.4. The summed E-state index contributed by atoms with van der Waals surface area (Å²) in [4.78, 5) is 37.2. The molecular formula is C21H34N4O9S2. The molecule has 0 spiro atoms. The number of aliphatic hydroxyl groups excluding tert-OH is 1. The van der Waals surface area contributed by atoms with Crippen molar-refractivity contribution < 1.29 is 40.9 Å². The molecule has 0 fully saturated rings. The van der Waals surface area contributed by atoms with E-state index in [1.54, 1.807) is 44.2 Å². The zero-order valence-corrected chi connectivity index (χ0v) is 22.1. The summed E-state index contributed by atoms with van der Waals surface area (Å²) in [7, 11) is -8.59. The van der Waals surface area contributed by atoms with Gasteiger partial charge in [-0.2, -0.15) is 8.42 Å². The molecular weight excluding hydrogens is 516 g/mol. The molecule has 0 saturated heterocycles. The van der Waals surface area contributed by atoms with Gasteiger partial charge < -0.3 is 21.1 Å². The fourth-order valence-electron chi connectivity index (χ4n) is 3.21. The van der Waals surface area contributed by atoms with Crippen molar-refractivity contribution >= 4 is 37.9 Å². The SMILES string of the molecule is CC(C)CC(NC(=O)[C@H](C)NC(=O)CNC(=O)[C@H](Cc1ccccc1)NS(C)(=O)=O)C(O)S(=O)(=O)O. The van der Waals surface area contributed by atoms with Crippen LogP contribution in [0.2, 0.25) is 0 Å². The van der Waals surface area contributed by atoms with Crippen LogP contribution < -0.4 is 20.7 Å². The van der Waals surface area contributed by atoms with Crippen LogP contribution in [0.25, 0.3) is 0 Å². The highest BCUT2D eigenvalue weighted by Crippen LogP contribution is 2.12. The summed E-state index contributed by atoms with van der Waals surface area (Å²) in [6.07, 6.45) is 0.962. The molecule has 0 aromatic heterocycles. The molecule has 6 N–H and O–H groups in total. The molecule has 0 heterocycles. The largest absolute Gasteiger partial charge is 0.374 e. The minimum Gasteiger partial charge on any atom is -0.374 e. The summed E-state index contributed by atoms with van der Waals surface area (Å²) in [5.74, 6) is -2.51. The lowest BCUT2D eigenvalue weighted by Gasteiger charge is -2.25.